The maximum absolute atomic E-state index is 12.2. The van der Waals surface area contributed by atoms with E-state index < -0.39 is 0 Å². The fourth-order valence-electron chi connectivity index (χ4n) is 2.98. The third kappa shape index (κ3) is 3.31. The highest BCUT2D eigenvalue weighted by atomic mass is 16.2. The van der Waals surface area contributed by atoms with E-state index in [0.717, 1.165) is 24.9 Å². The molecule has 0 aromatic heterocycles. The Bertz CT molecular complexity index is 457. The summed E-state index contributed by atoms with van der Waals surface area (Å²) >= 11 is 0. The number of urea groups is 1. The molecule has 20 heavy (non-hydrogen) atoms. The third-order valence-electron chi connectivity index (χ3n) is 4.49. The van der Waals surface area contributed by atoms with E-state index in [2.05, 4.69) is 17.6 Å². The minimum absolute atomic E-state index is 0.159. The Balaban J connectivity index is 2.00. The maximum Gasteiger partial charge on any atom is 0.319 e. The molecular formula is C16H25N3O. The summed E-state index contributed by atoms with van der Waals surface area (Å²) in [6.45, 7) is 4.70. The molecule has 2 amide bonds. The highest BCUT2D eigenvalue weighted by molar-refractivity contribution is 5.89. The van der Waals surface area contributed by atoms with Gasteiger partial charge in [0, 0.05) is 12.2 Å². The molecule has 1 saturated carbocycles. The standard InChI is InChI=1S/C16H25N3O/c1-12-6-8-14(9-7-12)18-15(20)19-16(11-17)10-4-3-5-13(16)2/h6-9,13H,3-5,10-11,17H2,1-2H3,(H2,18,19,20). The first-order valence-corrected chi connectivity index (χ1v) is 7.42. The molecule has 2 unspecified atom stereocenters. The molecule has 1 aliphatic carbocycles. The zero-order chi connectivity index (χ0) is 14.6. The van der Waals surface area contributed by atoms with Crippen LogP contribution in [0.4, 0.5) is 10.5 Å². The van der Waals surface area contributed by atoms with Gasteiger partial charge in [0.1, 0.15) is 0 Å². The molecule has 1 aromatic carbocycles. The lowest BCUT2D eigenvalue weighted by atomic mass is 9.73. The predicted molar refractivity (Wildman–Crippen MR) is 82.8 cm³/mol. The van der Waals surface area contributed by atoms with Gasteiger partial charge in [0.2, 0.25) is 0 Å². The lowest BCUT2D eigenvalue weighted by Crippen LogP contribution is -2.60. The first kappa shape index (κ1) is 14.9. The first-order valence-electron chi connectivity index (χ1n) is 7.42. The van der Waals surface area contributed by atoms with Crippen molar-refractivity contribution in [3.8, 4) is 0 Å². The molecule has 4 nitrogen and oxygen atoms in total. The summed E-state index contributed by atoms with van der Waals surface area (Å²) in [6, 6.07) is 7.63. The average Bonchev–Trinajstić information content (AvgIpc) is 2.44. The second kappa shape index (κ2) is 6.27. The molecule has 4 N–H and O–H groups in total. The number of amides is 2. The number of hydrogen-bond donors (Lipinski definition) is 3. The maximum atomic E-state index is 12.2. The number of carbonyl (C=O) groups is 1. The third-order valence-corrected chi connectivity index (χ3v) is 4.49. The van der Waals surface area contributed by atoms with Crippen molar-refractivity contribution < 1.29 is 4.79 Å². The Morgan fingerprint density at radius 3 is 2.65 bits per heavy atom. The number of benzene rings is 1. The highest BCUT2D eigenvalue weighted by Gasteiger charge is 2.38. The summed E-state index contributed by atoms with van der Waals surface area (Å²) in [5.41, 5.74) is 7.68. The van der Waals surface area contributed by atoms with Gasteiger partial charge >= 0.3 is 6.03 Å². The normalized spacial score (nSPS) is 26.1. The summed E-state index contributed by atoms with van der Waals surface area (Å²) in [7, 11) is 0. The number of aryl methyl sites for hydroxylation is 1. The zero-order valence-corrected chi connectivity index (χ0v) is 12.4. The van der Waals surface area contributed by atoms with E-state index in [-0.39, 0.29) is 11.6 Å². The monoisotopic (exact) mass is 275 g/mol. The van der Waals surface area contributed by atoms with Gasteiger partial charge in [0.25, 0.3) is 0 Å². The lowest BCUT2D eigenvalue weighted by Gasteiger charge is -2.42. The Hall–Kier alpha value is -1.55. The molecule has 0 spiro atoms. The van der Waals surface area contributed by atoms with Crippen molar-refractivity contribution in [1.29, 1.82) is 0 Å². The molecule has 110 valence electrons. The van der Waals surface area contributed by atoms with Crippen molar-refractivity contribution in [2.24, 2.45) is 11.7 Å². The van der Waals surface area contributed by atoms with Crippen LogP contribution in [0.1, 0.15) is 38.2 Å². The lowest BCUT2D eigenvalue weighted by molar-refractivity contribution is 0.166. The Labute approximate surface area is 121 Å². The van der Waals surface area contributed by atoms with E-state index in [1.807, 2.05) is 31.2 Å². The average molecular weight is 275 g/mol. The Kier molecular flexibility index (Phi) is 4.65. The molecule has 4 heteroatoms. The van der Waals surface area contributed by atoms with Crippen LogP contribution in [0.3, 0.4) is 0 Å². The van der Waals surface area contributed by atoms with Crippen molar-refractivity contribution in [2.45, 2.75) is 45.1 Å². The van der Waals surface area contributed by atoms with E-state index in [1.165, 1.54) is 12.0 Å². The molecular weight excluding hydrogens is 250 g/mol. The molecule has 2 rings (SSSR count). The minimum Gasteiger partial charge on any atom is -0.331 e. The molecule has 0 bridgehead atoms. The number of hydrogen-bond acceptors (Lipinski definition) is 2. The van der Waals surface area contributed by atoms with E-state index >= 15 is 0 Å². The molecule has 0 heterocycles. The number of anilines is 1. The Morgan fingerprint density at radius 1 is 1.35 bits per heavy atom. The van der Waals surface area contributed by atoms with Gasteiger partial charge in [0.15, 0.2) is 0 Å². The highest BCUT2D eigenvalue weighted by Crippen LogP contribution is 2.32. The number of carbonyl (C=O) groups excluding carboxylic acids is 1. The van der Waals surface area contributed by atoms with Gasteiger partial charge in [-0.15, -0.1) is 0 Å². The fraction of sp³-hybridized carbons (Fsp3) is 0.562. The van der Waals surface area contributed by atoms with Crippen LogP contribution in [0, 0.1) is 12.8 Å². The molecule has 0 radical (unpaired) electrons. The summed E-state index contributed by atoms with van der Waals surface area (Å²) < 4.78 is 0. The number of nitrogens with one attached hydrogen (secondary N) is 2. The van der Waals surface area contributed by atoms with Crippen molar-refractivity contribution in [2.75, 3.05) is 11.9 Å². The second-order valence-corrected chi connectivity index (χ2v) is 5.95. The fourth-order valence-corrected chi connectivity index (χ4v) is 2.98. The van der Waals surface area contributed by atoms with Crippen LogP contribution >= 0.6 is 0 Å². The van der Waals surface area contributed by atoms with Crippen LogP contribution in [-0.4, -0.2) is 18.1 Å². The van der Waals surface area contributed by atoms with Gasteiger partial charge < -0.3 is 16.4 Å². The zero-order valence-electron chi connectivity index (χ0n) is 12.4. The van der Waals surface area contributed by atoms with Gasteiger partial charge in [-0.05, 0) is 37.8 Å². The quantitative estimate of drug-likeness (QED) is 0.793. The van der Waals surface area contributed by atoms with Crippen molar-refractivity contribution in [1.82, 2.24) is 5.32 Å². The van der Waals surface area contributed by atoms with Gasteiger partial charge in [-0.1, -0.05) is 37.5 Å². The largest absolute Gasteiger partial charge is 0.331 e. The van der Waals surface area contributed by atoms with E-state index in [9.17, 15) is 4.79 Å². The molecule has 0 saturated heterocycles. The van der Waals surface area contributed by atoms with Crippen LogP contribution in [0.15, 0.2) is 24.3 Å². The summed E-state index contributed by atoms with van der Waals surface area (Å²) in [4.78, 5) is 12.2. The molecule has 1 fully saturated rings. The van der Waals surface area contributed by atoms with Gasteiger partial charge in [-0.3, -0.25) is 0 Å². The topological polar surface area (TPSA) is 67.2 Å². The van der Waals surface area contributed by atoms with Gasteiger partial charge in [-0.2, -0.15) is 0 Å². The first-order chi connectivity index (χ1) is 9.55. The minimum atomic E-state index is -0.257. The van der Waals surface area contributed by atoms with Crippen LogP contribution in [0.2, 0.25) is 0 Å². The summed E-state index contributed by atoms with van der Waals surface area (Å²) in [5.74, 6) is 0.421. The summed E-state index contributed by atoms with van der Waals surface area (Å²) in [6.07, 6.45) is 4.45. The Morgan fingerprint density at radius 2 is 2.05 bits per heavy atom. The smallest absolute Gasteiger partial charge is 0.319 e. The van der Waals surface area contributed by atoms with Crippen LogP contribution < -0.4 is 16.4 Å². The number of rotatable bonds is 3. The SMILES string of the molecule is Cc1ccc(NC(=O)NC2(CN)CCCCC2C)cc1. The van der Waals surface area contributed by atoms with Crippen molar-refractivity contribution in [3.05, 3.63) is 29.8 Å². The predicted octanol–water partition coefficient (Wildman–Crippen LogP) is 3.02. The molecule has 2 atom stereocenters. The second-order valence-electron chi connectivity index (χ2n) is 5.95. The van der Waals surface area contributed by atoms with Crippen LogP contribution in [-0.2, 0) is 0 Å². The number of nitrogens with two attached hydrogens (primary N) is 1. The van der Waals surface area contributed by atoms with Crippen LogP contribution in [0.5, 0.6) is 0 Å². The molecule has 1 aromatic rings. The van der Waals surface area contributed by atoms with Crippen molar-refractivity contribution in [3.63, 3.8) is 0 Å². The van der Waals surface area contributed by atoms with E-state index in [1.54, 1.807) is 0 Å². The van der Waals surface area contributed by atoms with Crippen molar-refractivity contribution >= 4 is 11.7 Å². The summed E-state index contributed by atoms with van der Waals surface area (Å²) in [5, 5.41) is 6.01. The van der Waals surface area contributed by atoms with Gasteiger partial charge in [0.05, 0.1) is 5.54 Å². The van der Waals surface area contributed by atoms with Crippen LogP contribution in [0.25, 0.3) is 0 Å². The van der Waals surface area contributed by atoms with E-state index in [0.29, 0.717) is 12.5 Å². The molecule has 0 aliphatic heterocycles. The van der Waals surface area contributed by atoms with E-state index in [4.69, 9.17) is 5.73 Å². The molecule has 1 aliphatic rings. The van der Waals surface area contributed by atoms with Gasteiger partial charge in [-0.25, -0.2) is 4.79 Å².